The molecule has 3 aromatic rings. The lowest BCUT2D eigenvalue weighted by atomic mass is 9.97. The van der Waals surface area contributed by atoms with E-state index in [1.54, 1.807) is 0 Å². The second-order valence-electron chi connectivity index (χ2n) is 8.60. The van der Waals surface area contributed by atoms with E-state index >= 15 is 0 Å². The summed E-state index contributed by atoms with van der Waals surface area (Å²) < 4.78 is 2.17. The third-order valence-corrected chi connectivity index (χ3v) is 5.91. The van der Waals surface area contributed by atoms with E-state index in [-0.39, 0.29) is 0 Å². The van der Waals surface area contributed by atoms with Crippen LogP contribution in [0.1, 0.15) is 29.2 Å². The molecule has 0 fully saturated rings. The van der Waals surface area contributed by atoms with Gasteiger partial charge in [0.05, 0.1) is 5.39 Å². The second kappa shape index (κ2) is 9.23. The topological polar surface area (TPSA) is 7.12 Å². The monoisotopic (exact) mass is 419 g/mol. The first-order valence-electron chi connectivity index (χ1n) is 11.1. The number of hydrogen-bond acceptors (Lipinski definition) is 1. The number of aryl methyl sites for hydroxylation is 3. The SMILES string of the molecule is CC(/C=C/C=C1/C=CN(C)c2ccc(C)cc21)=C\C=C\c1cc[n+](C)c2ccc(C)cc12. The van der Waals surface area contributed by atoms with Crippen LogP contribution >= 0.6 is 0 Å². The highest BCUT2D eigenvalue weighted by Crippen LogP contribution is 2.32. The smallest absolute Gasteiger partial charge is 0.212 e. The van der Waals surface area contributed by atoms with Gasteiger partial charge in [0.15, 0.2) is 6.20 Å². The van der Waals surface area contributed by atoms with Crippen molar-refractivity contribution in [3.05, 3.63) is 119 Å². The average Bonchev–Trinajstić information content (AvgIpc) is 2.77. The summed E-state index contributed by atoms with van der Waals surface area (Å²) in [6.45, 7) is 6.42. The molecule has 1 aliphatic heterocycles. The van der Waals surface area contributed by atoms with Gasteiger partial charge in [0.2, 0.25) is 5.52 Å². The molecule has 2 heterocycles. The van der Waals surface area contributed by atoms with Crippen molar-refractivity contribution in [2.45, 2.75) is 20.8 Å². The van der Waals surface area contributed by atoms with E-state index in [1.165, 1.54) is 50.0 Å². The Morgan fingerprint density at radius 3 is 2.59 bits per heavy atom. The minimum atomic E-state index is 1.21. The van der Waals surface area contributed by atoms with E-state index in [9.17, 15) is 0 Å². The fraction of sp³-hybridized carbons (Fsp3) is 0.167. The van der Waals surface area contributed by atoms with E-state index in [2.05, 4.69) is 142 Å². The highest BCUT2D eigenvalue weighted by molar-refractivity contribution is 5.87. The van der Waals surface area contributed by atoms with Crippen LogP contribution in [0.15, 0.2) is 96.9 Å². The Morgan fingerprint density at radius 1 is 0.969 bits per heavy atom. The lowest BCUT2D eigenvalue weighted by Crippen LogP contribution is -2.28. The molecule has 160 valence electrons. The van der Waals surface area contributed by atoms with Gasteiger partial charge in [-0.3, -0.25) is 0 Å². The van der Waals surface area contributed by atoms with Crippen molar-refractivity contribution in [1.29, 1.82) is 0 Å². The fourth-order valence-electron chi connectivity index (χ4n) is 4.06. The van der Waals surface area contributed by atoms with E-state index in [0.29, 0.717) is 0 Å². The molecule has 1 aromatic heterocycles. The number of anilines is 1. The summed E-state index contributed by atoms with van der Waals surface area (Å²) >= 11 is 0. The minimum Gasteiger partial charge on any atom is -0.351 e. The summed E-state index contributed by atoms with van der Waals surface area (Å²) in [4.78, 5) is 2.17. The normalized spacial score (nSPS) is 15.5. The molecule has 0 bridgehead atoms. The zero-order chi connectivity index (χ0) is 22.7. The maximum Gasteiger partial charge on any atom is 0.212 e. The molecule has 0 aliphatic carbocycles. The van der Waals surface area contributed by atoms with Crippen molar-refractivity contribution in [2.75, 3.05) is 11.9 Å². The summed E-state index contributed by atoms with van der Waals surface area (Å²) in [7, 11) is 4.18. The van der Waals surface area contributed by atoms with E-state index in [4.69, 9.17) is 0 Å². The van der Waals surface area contributed by atoms with Gasteiger partial charge < -0.3 is 4.90 Å². The first-order valence-corrected chi connectivity index (χ1v) is 11.1. The van der Waals surface area contributed by atoms with E-state index in [1.807, 2.05) is 0 Å². The van der Waals surface area contributed by atoms with Gasteiger partial charge in [-0.05, 0) is 56.2 Å². The van der Waals surface area contributed by atoms with Crippen molar-refractivity contribution in [3.63, 3.8) is 0 Å². The van der Waals surface area contributed by atoms with Gasteiger partial charge in [0.1, 0.15) is 7.05 Å². The molecule has 0 saturated heterocycles. The highest BCUT2D eigenvalue weighted by Gasteiger charge is 2.12. The number of nitrogens with zero attached hydrogens (tertiary/aromatic N) is 2. The molecule has 0 N–H and O–H groups in total. The van der Waals surface area contributed by atoms with Gasteiger partial charge in [-0.1, -0.05) is 65.3 Å². The summed E-state index contributed by atoms with van der Waals surface area (Å²) in [6, 6.07) is 15.4. The molecule has 0 spiro atoms. The highest BCUT2D eigenvalue weighted by atomic mass is 15.1. The van der Waals surface area contributed by atoms with E-state index < -0.39 is 0 Å². The predicted molar refractivity (Wildman–Crippen MR) is 138 cm³/mol. The third-order valence-electron chi connectivity index (χ3n) is 5.91. The van der Waals surface area contributed by atoms with Crippen LogP contribution in [0, 0.1) is 13.8 Å². The van der Waals surface area contributed by atoms with Crippen LogP contribution in [0.2, 0.25) is 0 Å². The molecule has 2 aromatic carbocycles. The molecular weight excluding hydrogens is 388 g/mol. The fourth-order valence-corrected chi connectivity index (χ4v) is 4.06. The van der Waals surface area contributed by atoms with Crippen LogP contribution < -0.4 is 9.47 Å². The number of allylic oxidation sites excluding steroid dienone is 8. The predicted octanol–water partition coefficient (Wildman–Crippen LogP) is 6.84. The number of aromatic nitrogens is 1. The Balaban J connectivity index is 1.53. The molecule has 0 unspecified atom stereocenters. The molecule has 0 amide bonds. The van der Waals surface area contributed by atoms with Crippen molar-refractivity contribution >= 4 is 28.2 Å². The van der Waals surface area contributed by atoms with Crippen LogP contribution in [0.25, 0.3) is 22.6 Å². The third kappa shape index (κ3) is 4.65. The Labute approximate surface area is 191 Å². The molecule has 0 saturated carbocycles. The van der Waals surface area contributed by atoms with Gasteiger partial charge in [-0.25, -0.2) is 4.57 Å². The molecule has 1 aliphatic rings. The lowest BCUT2D eigenvalue weighted by molar-refractivity contribution is -0.644. The standard InChI is InChI=1S/C30H31N2/c1-22(8-6-10-25-16-18-31(4)29-14-12-23(2)20-27(25)29)9-7-11-26-17-19-32(5)30-15-13-24(3)21-28(26)30/h6-21H,1-5H3/q+1. The quantitative estimate of drug-likeness (QED) is 0.331. The molecule has 2 nitrogen and oxygen atoms in total. The number of benzene rings is 2. The first-order chi connectivity index (χ1) is 15.4. The molecule has 32 heavy (non-hydrogen) atoms. The summed E-state index contributed by atoms with van der Waals surface area (Å²) in [5, 5.41) is 1.28. The minimum absolute atomic E-state index is 1.21. The summed E-state index contributed by atoms with van der Waals surface area (Å²) in [5.41, 5.74) is 10.0. The van der Waals surface area contributed by atoms with Crippen molar-refractivity contribution in [2.24, 2.45) is 7.05 Å². The molecule has 0 radical (unpaired) electrons. The van der Waals surface area contributed by atoms with E-state index in [0.717, 1.165) is 0 Å². The largest absolute Gasteiger partial charge is 0.351 e. The first kappa shape index (κ1) is 21.6. The zero-order valence-electron chi connectivity index (χ0n) is 19.6. The van der Waals surface area contributed by atoms with Crippen LogP contribution in [-0.4, -0.2) is 7.05 Å². The van der Waals surface area contributed by atoms with Gasteiger partial charge in [0.25, 0.3) is 0 Å². The molecular formula is C30H31N2+. The lowest BCUT2D eigenvalue weighted by Gasteiger charge is -2.24. The van der Waals surface area contributed by atoms with Crippen molar-refractivity contribution in [3.8, 4) is 0 Å². The Kier molecular flexibility index (Phi) is 6.23. The Hall–Kier alpha value is -3.65. The maximum atomic E-state index is 2.26. The van der Waals surface area contributed by atoms with Crippen LogP contribution in [0.4, 0.5) is 5.69 Å². The Bertz CT molecular complexity index is 1320. The number of hydrogen-bond donors (Lipinski definition) is 0. The molecule has 4 rings (SSSR count). The van der Waals surface area contributed by atoms with Crippen molar-refractivity contribution in [1.82, 2.24) is 0 Å². The van der Waals surface area contributed by atoms with Gasteiger partial charge in [0, 0.05) is 36.6 Å². The van der Waals surface area contributed by atoms with Gasteiger partial charge in [-0.2, -0.15) is 0 Å². The Morgan fingerprint density at radius 2 is 1.75 bits per heavy atom. The van der Waals surface area contributed by atoms with Crippen molar-refractivity contribution < 1.29 is 4.57 Å². The number of fused-ring (bicyclic) bond motifs is 2. The summed E-state index contributed by atoms with van der Waals surface area (Å²) in [6.07, 6.45) is 19.4. The van der Waals surface area contributed by atoms with Gasteiger partial charge in [-0.15, -0.1) is 0 Å². The molecule has 0 atom stereocenters. The van der Waals surface area contributed by atoms with Gasteiger partial charge >= 0.3 is 0 Å². The average molecular weight is 420 g/mol. The summed E-state index contributed by atoms with van der Waals surface area (Å²) in [5.74, 6) is 0. The van der Waals surface area contributed by atoms with Crippen LogP contribution in [0.3, 0.4) is 0 Å². The number of rotatable bonds is 4. The number of pyridine rings is 1. The molecule has 2 heteroatoms. The van der Waals surface area contributed by atoms with Crippen LogP contribution in [0.5, 0.6) is 0 Å². The zero-order valence-corrected chi connectivity index (χ0v) is 19.6. The second-order valence-corrected chi connectivity index (χ2v) is 8.60. The van der Waals surface area contributed by atoms with Crippen LogP contribution in [-0.2, 0) is 7.05 Å². The maximum absolute atomic E-state index is 2.26.